The molecule has 2 heterocycles. The van der Waals surface area contributed by atoms with E-state index < -0.39 is 0 Å². The molecule has 6 rings (SSSR count). The van der Waals surface area contributed by atoms with Gasteiger partial charge >= 0.3 is 4.87 Å². The molecule has 31 heavy (non-hydrogen) atoms. The van der Waals surface area contributed by atoms with Crippen molar-refractivity contribution < 1.29 is 9.47 Å². The van der Waals surface area contributed by atoms with Gasteiger partial charge in [0.2, 0.25) is 0 Å². The van der Waals surface area contributed by atoms with Gasteiger partial charge in [-0.15, -0.1) is 11.8 Å². The molecule has 0 unspecified atom stereocenters. The van der Waals surface area contributed by atoms with Crippen LogP contribution in [0.5, 0.6) is 11.5 Å². The second-order valence-electron chi connectivity index (χ2n) is 8.86. The molecule has 0 radical (unpaired) electrons. The van der Waals surface area contributed by atoms with Gasteiger partial charge < -0.3 is 14.5 Å². The molecule has 2 aliphatic carbocycles. The first-order valence-corrected chi connectivity index (χ1v) is 12.6. The Morgan fingerprint density at radius 3 is 2.74 bits per heavy atom. The lowest BCUT2D eigenvalue weighted by atomic mass is 9.75. The highest BCUT2D eigenvalue weighted by Gasteiger charge is 2.54. The number of thioether (sulfide) groups is 1. The van der Waals surface area contributed by atoms with E-state index in [0.717, 1.165) is 33.9 Å². The number of hydrogen-bond donors (Lipinski definition) is 1. The highest BCUT2D eigenvalue weighted by molar-refractivity contribution is 8.00. The zero-order valence-corrected chi connectivity index (χ0v) is 19.0. The third kappa shape index (κ3) is 3.31. The molecule has 0 saturated heterocycles. The predicted octanol–water partition coefficient (Wildman–Crippen LogP) is 5.68. The van der Waals surface area contributed by atoms with Crippen LogP contribution >= 0.6 is 23.1 Å². The number of ether oxygens (including phenoxy) is 2. The standard InChI is InChI=1S/C25H25NO3S2/c1-28-19-12-16(9-10-18(19)29-13-14-5-3-2-4-6-14)21-20-15-7-8-17(11-15)22(20)30-24-23(21)31-25(27)26-24/h2-6,9-10,12,15,17,20-22H,7-8,11,13H2,1H3,(H,26,27)/t15-,17-,20-,21-,22-/m0/s1. The van der Waals surface area contributed by atoms with Gasteiger partial charge in [0.05, 0.1) is 12.1 Å². The number of methoxy groups -OCH3 is 1. The van der Waals surface area contributed by atoms with Crippen LogP contribution in [0.3, 0.4) is 0 Å². The number of H-pyrrole nitrogens is 1. The Hall–Kier alpha value is -2.18. The minimum absolute atomic E-state index is 0.0598. The van der Waals surface area contributed by atoms with Crippen molar-refractivity contribution >= 4 is 23.1 Å². The third-order valence-corrected chi connectivity index (χ3v) is 9.87. The number of aromatic amines is 1. The van der Waals surface area contributed by atoms with Crippen LogP contribution in [0.25, 0.3) is 0 Å². The van der Waals surface area contributed by atoms with Crippen molar-refractivity contribution in [2.45, 2.75) is 42.1 Å². The van der Waals surface area contributed by atoms with E-state index in [9.17, 15) is 4.79 Å². The summed E-state index contributed by atoms with van der Waals surface area (Å²) in [5.41, 5.74) is 2.37. The van der Waals surface area contributed by atoms with E-state index in [1.807, 2.05) is 36.0 Å². The molecule has 1 N–H and O–H groups in total. The molecule has 4 nitrogen and oxygen atoms in total. The summed E-state index contributed by atoms with van der Waals surface area (Å²) in [5, 5.41) is 1.71. The number of thiazole rings is 1. The number of rotatable bonds is 5. The van der Waals surface area contributed by atoms with Crippen molar-refractivity contribution in [1.29, 1.82) is 0 Å². The van der Waals surface area contributed by atoms with Crippen molar-refractivity contribution in [3.8, 4) is 11.5 Å². The molecule has 0 spiro atoms. The van der Waals surface area contributed by atoms with Gasteiger partial charge in [-0.3, -0.25) is 4.79 Å². The molecular formula is C25H25NO3S2. The normalized spacial score (nSPS) is 28.2. The Kier molecular flexibility index (Phi) is 4.87. The maximum atomic E-state index is 12.2. The quantitative estimate of drug-likeness (QED) is 0.543. The topological polar surface area (TPSA) is 51.3 Å². The molecule has 1 aliphatic heterocycles. The van der Waals surface area contributed by atoms with Crippen LogP contribution in [-0.2, 0) is 6.61 Å². The van der Waals surface area contributed by atoms with Crippen molar-refractivity contribution in [3.63, 3.8) is 0 Å². The molecule has 0 amide bonds. The summed E-state index contributed by atoms with van der Waals surface area (Å²) in [4.78, 5) is 16.6. The predicted molar refractivity (Wildman–Crippen MR) is 125 cm³/mol. The maximum absolute atomic E-state index is 12.2. The fourth-order valence-electron chi connectivity index (χ4n) is 5.95. The van der Waals surface area contributed by atoms with E-state index in [4.69, 9.17) is 9.47 Å². The van der Waals surface area contributed by atoms with E-state index in [-0.39, 0.29) is 10.8 Å². The number of fused-ring (bicyclic) bond motifs is 6. The Morgan fingerprint density at radius 2 is 1.90 bits per heavy atom. The fourth-order valence-corrected chi connectivity index (χ4v) is 8.85. The molecule has 1 aromatic heterocycles. The highest BCUT2D eigenvalue weighted by atomic mass is 32.2. The largest absolute Gasteiger partial charge is 0.493 e. The molecule has 2 bridgehead atoms. The van der Waals surface area contributed by atoms with Crippen LogP contribution in [0.4, 0.5) is 0 Å². The van der Waals surface area contributed by atoms with Crippen LogP contribution in [-0.4, -0.2) is 17.3 Å². The summed E-state index contributed by atoms with van der Waals surface area (Å²) in [6.07, 6.45) is 4.01. The van der Waals surface area contributed by atoms with Gasteiger partial charge in [-0.25, -0.2) is 0 Å². The van der Waals surface area contributed by atoms with Gasteiger partial charge in [0.15, 0.2) is 11.5 Å². The Bertz CT molecular complexity index is 1160. The van der Waals surface area contributed by atoms with Crippen molar-refractivity contribution in [2.75, 3.05) is 7.11 Å². The van der Waals surface area contributed by atoms with Crippen molar-refractivity contribution in [1.82, 2.24) is 4.98 Å². The first-order chi connectivity index (χ1) is 15.2. The van der Waals surface area contributed by atoms with E-state index in [1.54, 1.807) is 7.11 Å². The molecule has 3 aliphatic rings. The Morgan fingerprint density at radius 1 is 1.06 bits per heavy atom. The van der Waals surface area contributed by atoms with Crippen molar-refractivity contribution in [2.24, 2.45) is 17.8 Å². The van der Waals surface area contributed by atoms with E-state index in [0.29, 0.717) is 17.8 Å². The number of hydrogen-bond acceptors (Lipinski definition) is 5. The van der Waals surface area contributed by atoms with Crippen LogP contribution in [0, 0.1) is 17.8 Å². The second kappa shape index (κ2) is 7.75. The SMILES string of the molecule is COc1cc([C@@H]2c3sc(=O)[nH]c3S[C@H]3[C@H]4CC[C@@H](C4)[C@@H]23)ccc1OCc1ccccc1. The number of benzene rings is 2. The Labute approximate surface area is 190 Å². The molecule has 6 heteroatoms. The summed E-state index contributed by atoms with van der Waals surface area (Å²) in [7, 11) is 1.70. The molecule has 2 saturated carbocycles. The number of aromatic nitrogens is 1. The summed E-state index contributed by atoms with van der Waals surface area (Å²) >= 11 is 3.32. The van der Waals surface area contributed by atoms with E-state index in [1.165, 1.54) is 41.0 Å². The van der Waals surface area contributed by atoms with Gasteiger partial charge in [0.25, 0.3) is 0 Å². The van der Waals surface area contributed by atoms with E-state index in [2.05, 4.69) is 29.2 Å². The summed E-state index contributed by atoms with van der Waals surface area (Å²) in [6, 6.07) is 16.5. The molecule has 160 valence electrons. The maximum Gasteiger partial charge on any atom is 0.305 e. The smallest absolute Gasteiger partial charge is 0.305 e. The van der Waals surface area contributed by atoms with Gasteiger partial charge in [-0.2, -0.15) is 0 Å². The van der Waals surface area contributed by atoms with Gasteiger partial charge in [0.1, 0.15) is 6.61 Å². The van der Waals surface area contributed by atoms with Gasteiger partial charge in [0, 0.05) is 16.0 Å². The summed E-state index contributed by atoms with van der Waals surface area (Å²) < 4.78 is 11.8. The van der Waals surface area contributed by atoms with Crippen LogP contribution in [0.1, 0.15) is 41.2 Å². The minimum atomic E-state index is 0.0598. The van der Waals surface area contributed by atoms with Crippen LogP contribution < -0.4 is 14.3 Å². The van der Waals surface area contributed by atoms with Crippen molar-refractivity contribution in [3.05, 3.63) is 74.2 Å². The average Bonchev–Trinajstić information content (AvgIpc) is 3.51. The molecule has 5 atom stereocenters. The lowest BCUT2D eigenvalue weighted by molar-refractivity contribution is 0.282. The van der Waals surface area contributed by atoms with Gasteiger partial charge in [-0.1, -0.05) is 47.7 Å². The van der Waals surface area contributed by atoms with E-state index >= 15 is 0 Å². The van der Waals surface area contributed by atoms with Crippen LogP contribution in [0.2, 0.25) is 0 Å². The minimum Gasteiger partial charge on any atom is -0.493 e. The molecular weight excluding hydrogens is 426 g/mol. The highest BCUT2D eigenvalue weighted by Crippen LogP contribution is 2.63. The zero-order valence-electron chi connectivity index (χ0n) is 17.4. The zero-order chi connectivity index (χ0) is 20.9. The summed E-state index contributed by atoms with van der Waals surface area (Å²) in [6.45, 7) is 0.509. The molecule has 3 aromatic rings. The van der Waals surface area contributed by atoms with Crippen LogP contribution in [0.15, 0.2) is 58.4 Å². The monoisotopic (exact) mass is 451 g/mol. The average molecular weight is 452 g/mol. The first kappa shape index (κ1) is 19.5. The lowest BCUT2D eigenvalue weighted by Crippen LogP contribution is -2.33. The lowest BCUT2D eigenvalue weighted by Gasteiger charge is -2.40. The number of nitrogens with one attached hydrogen (secondary N) is 1. The third-order valence-electron chi connectivity index (χ3n) is 7.25. The molecule has 2 fully saturated rings. The molecule has 2 aromatic carbocycles. The first-order valence-electron chi connectivity index (χ1n) is 11.0. The fraction of sp³-hybridized carbons (Fsp3) is 0.400. The second-order valence-corrected chi connectivity index (χ2v) is 11.1. The summed E-state index contributed by atoms with van der Waals surface area (Å²) in [5.74, 6) is 3.93. The Balaban J connectivity index is 1.35. The van der Waals surface area contributed by atoms with Gasteiger partial charge in [-0.05, 0) is 60.3 Å².